The number of aromatic nitrogens is 4. The average Bonchev–Trinajstić information content (AvgIpc) is 3.03. The van der Waals surface area contributed by atoms with Crippen LogP contribution in [0.3, 0.4) is 0 Å². The molecular formula is C17H19N5O3S. The smallest absolute Gasteiger partial charge is 0.234 e. The zero-order valence-electron chi connectivity index (χ0n) is 14.9. The number of carbonyl (C=O) groups is 1. The van der Waals surface area contributed by atoms with E-state index >= 15 is 0 Å². The minimum Gasteiger partial charge on any atom is -0.497 e. The van der Waals surface area contributed by atoms with Gasteiger partial charge in [-0.05, 0) is 26.0 Å². The van der Waals surface area contributed by atoms with Crippen LogP contribution < -0.4 is 14.8 Å². The molecule has 8 nitrogen and oxygen atoms in total. The minimum atomic E-state index is -0.173. The van der Waals surface area contributed by atoms with Gasteiger partial charge in [0.2, 0.25) is 5.91 Å². The van der Waals surface area contributed by atoms with Crippen molar-refractivity contribution < 1.29 is 14.3 Å². The van der Waals surface area contributed by atoms with Gasteiger partial charge >= 0.3 is 0 Å². The molecule has 0 fully saturated rings. The lowest BCUT2D eigenvalue weighted by Gasteiger charge is -2.11. The van der Waals surface area contributed by atoms with E-state index in [4.69, 9.17) is 9.47 Å². The number of thioether (sulfide) groups is 1. The quantitative estimate of drug-likeness (QED) is 0.664. The van der Waals surface area contributed by atoms with E-state index in [-0.39, 0.29) is 11.7 Å². The first-order valence-corrected chi connectivity index (χ1v) is 8.84. The lowest BCUT2D eigenvalue weighted by Crippen LogP contribution is -2.15. The summed E-state index contributed by atoms with van der Waals surface area (Å²) in [5, 5.41) is 11.7. The van der Waals surface area contributed by atoms with Crippen molar-refractivity contribution in [2.45, 2.75) is 19.0 Å². The van der Waals surface area contributed by atoms with Crippen LogP contribution in [-0.2, 0) is 4.79 Å². The van der Waals surface area contributed by atoms with E-state index in [1.54, 1.807) is 32.4 Å². The summed E-state index contributed by atoms with van der Waals surface area (Å²) in [6, 6.07) is 7.07. The number of carbonyl (C=O) groups excluding carboxylic acids is 1. The summed E-state index contributed by atoms with van der Waals surface area (Å²) < 4.78 is 12.3. The van der Waals surface area contributed by atoms with Crippen LogP contribution in [0.1, 0.15) is 11.5 Å². The van der Waals surface area contributed by atoms with E-state index in [1.807, 2.05) is 24.3 Å². The summed E-state index contributed by atoms with van der Waals surface area (Å²) in [7, 11) is 3.12. The Kier molecular flexibility index (Phi) is 5.27. The highest BCUT2D eigenvalue weighted by Gasteiger charge is 2.13. The van der Waals surface area contributed by atoms with Gasteiger partial charge in [-0.2, -0.15) is 0 Å². The summed E-state index contributed by atoms with van der Waals surface area (Å²) in [6.07, 6.45) is 0. The first-order chi connectivity index (χ1) is 12.5. The van der Waals surface area contributed by atoms with Crippen molar-refractivity contribution in [1.29, 1.82) is 0 Å². The number of nitrogens with zero attached hydrogens (tertiary/aromatic N) is 4. The molecule has 3 rings (SSSR count). The largest absolute Gasteiger partial charge is 0.497 e. The monoisotopic (exact) mass is 373 g/mol. The van der Waals surface area contributed by atoms with E-state index in [0.717, 1.165) is 17.2 Å². The zero-order valence-corrected chi connectivity index (χ0v) is 15.8. The fourth-order valence-corrected chi connectivity index (χ4v) is 3.30. The van der Waals surface area contributed by atoms with Crippen molar-refractivity contribution in [3.63, 3.8) is 0 Å². The van der Waals surface area contributed by atoms with Gasteiger partial charge in [-0.3, -0.25) is 9.20 Å². The molecule has 0 aliphatic carbocycles. The van der Waals surface area contributed by atoms with Gasteiger partial charge in [0.1, 0.15) is 17.3 Å². The number of rotatable bonds is 6. The normalized spacial score (nSPS) is 10.8. The molecule has 0 atom stereocenters. The summed E-state index contributed by atoms with van der Waals surface area (Å²) in [5.74, 6) is 1.98. The van der Waals surface area contributed by atoms with Gasteiger partial charge < -0.3 is 14.8 Å². The Hall–Kier alpha value is -2.81. The van der Waals surface area contributed by atoms with Gasteiger partial charge in [0.25, 0.3) is 0 Å². The summed E-state index contributed by atoms with van der Waals surface area (Å²) >= 11 is 1.30. The van der Waals surface area contributed by atoms with Crippen LogP contribution in [-0.4, -0.2) is 45.5 Å². The molecule has 3 aromatic rings. The maximum absolute atomic E-state index is 12.3. The van der Waals surface area contributed by atoms with Crippen molar-refractivity contribution in [2.24, 2.45) is 0 Å². The van der Waals surface area contributed by atoms with Gasteiger partial charge in [-0.25, -0.2) is 4.98 Å². The average molecular weight is 373 g/mol. The highest BCUT2D eigenvalue weighted by atomic mass is 32.2. The Morgan fingerprint density at radius 1 is 1.19 bits per heavy atom. The number of hydrogen-bond acceptors (Lipinski definition) is 7. The Morgan fingerprint density at radius 3 is 2.73 bits per heavy atom. The number of anilines is 1. The third kappa shape index (κ3) is 3.72. The third-order valence-corrected chi connectivity index (χ3v) is 4.60. The molecule has 0 aliphatic heterocycles. The van der Waals surface area contributed by atoms with E-state index in [9.17, 15) is 4.79 Å². The molecule has 26 heavy (non-hydrogen) atoms. The van der Waals surface area contributed by atoms with E-state index in [0.29, 0.717) is 22.3 Å². The molecule has 0 spiro atoms. The second-order valence-corrected chi connectivity index (χ2v) is 6.47. The predicted molar refractivity (Wildman–Crippen MR) is 99.2 cm³/mol. The van der Waals surface area contributed by atoms with Crippen LogP contribution >= 0.6 is 11.8 Å². The van der Waals surface area contributed by atoms with E-state index in [1.165, 1.54) is 11.8 Å². The Labute approximate surface area is 154 Å². The van der Waals surface area contributed by atoms with Crippen molar-refractivity contribution in [3.05, 3.63) is 35.8 Å². The minimum absolute atomic E-state index is 0.173. The SMILES string of the molecule is COc1ccc(NC(=O)CSc2nnc3cc(C)nc(C)n23)c(OC)c1. The third-order valence-electron chi connectivity index (χ3n) is 3.67. The van der Waals surface area contributed by atoms with Crippen molar-refractivity contribution in [3.8, 4) is 11.5 Å². The van der Waals surface area contributed by atoms with Gasteiger partial charge in [-0.1, -0.05) is 11.8 Å². The molecule has 9 heteroatoms. The van der Waals surface area contributed by atoms with Crippen molar-refractivity contribution in [1.82, 2.24) is 19.6 Å². The molecular weight excluding hydrogens is 354 g/mol. The lowest BCUT2D eigenvalue weighted by molar-refractivity contribution is -0.113. The fraction of sp³-hybridized carbons (Fsp3) is 0.294. The number of ether oxygens (including phenoxy) is 2. The molecule has 0 unspecified atom stereocenters. The van der Waals surface area contributed by atoms with Crippen LogP contribution in [0.5, 0.6) is 11.5 Å². The molecule has 0 bridgehead atoms. The number of fused-ring (bicyclic) bond motifs is 1. The number of aryl methyl sites for hydroxylation is 2. The standard InChI is InChI=1S/C17H19N5O3S/c1-10-7-15-20-21-17(22(15)11(2)18-10)26-9-16(23)19-13-6-5-12(24-3)8-14(13)25-4/h5-8H,9H2,1-4H3,(H,19,23). The van der Waals surface area contributed by atoms with Gasteiger partial charge in [-0.15, -0.1) is 10.2 Å². The van der Waals surface area contributed by atoms with Crippen molar-refractivity contribution >= 4 is 29.0 Å². The first kappa shape index (κ1) is 18.0. The second-order valence-electron chi connectivity index (χ2n) is 5.52. The Bertz CT molecular complexity index is 957. The first-order valence-electron chi connectivity index (χ1n) is 7.86. The second kappa shape index (κ2) is 7.61. The molecule has 1 aromatic carbocycles. The molecule has 136 valence electrons. The summed E-state index contributed by atoms with van der Waals surface area (Å²) in [5.41, 5.74) is 2.18. The molecule has 0 saturated heterocycles. The Morgan fingerprint density at radius 2 is 2.00 bits per heavy atom. The maximum Gasteiger partial charge on any atom is 0.234 e. The zero-order chi connectivity index (χ0) is 18.7. The number of benzene rings is 1. The van der Waals surface area contributed by atoms with Gasteiger partial charge in [0, 0.05) is 17.8 Å². The molecule has 2 aromatic heterocycles. The fourth-order valence-electron chi connectivity index (χ4n) is 2.51. The number of nitrogens with one attached hydrogen (secondary N) is 1. The highest BCUT2D eigenvalue weighted by Crippen LogP contribution is 2.29. The van der Waals surface area contributed by atoms with E-state index in [2.05, 4.69) is 20.5 Å². The number of amides is 1. The number of methoxy groups -OCH3 is 2. The van der Waals surface area contributed by atoms with Gasteiger partial charge in [0.05, 0.1) is 25.7 Å². The summed E-state index contributed by atoms with van der Waals surface area (Å²) in [6.45, 7) is 3.79. The van der Waals surface area contributed by atoms with Crippen LogP contribution in [0.15, 0.2) is 29.4 Å². The van der Waals surface area contributed by atoms with Crippen molar-refractivity contribution in [2.75, 3.05) is 25.3 Å². The molecule has 1 N–H and O–H groups in total. The summed E-state index contributed by atoms with van der Waals surface area (Å²) in [4.78, 5) is 16.7. The molecule has 0 aliphatic rings. The maximum atomic E-state index is 12.3. The highest BCUT2D eigenvalue weighted by molar-refractivity contribution is 7.99. The van der Waals surface area contributed by atoms with Crippen LogP contribution in [0.2, 0.25) is 0 Å². The van der Waals surface area contributed by atoms with Crippen LogP contribution in [0, 0.1) is 13.8 Å². The van der Waals surface area contributed by atoms with Gasteiger partial charge in [0.15, 0.2) is 10.8 Å². The predicted octanol–water partition coefficient (Wildman–Crippen LogP) is 2.49. The molecule has 2 heterocycles. The molecule has 0 saturated carbocycles. The Balaban J connectivity index is 1.70. The lowest BCUT2D eigenvalue weighted by atomic mass is 10.2. The molecule has 1 amide bonds. The van der Waals surface area contributed by atoms with Crippen LogP contribution in [0.4, 0.5) is 5.69 Å². The van der Waals surface area contributed by atoms with Crippen LogP contribution in [0.25, 0.3) is 5.65 Å². The van der Waals surface area contributed by atoms with E-state index < -0.39 is 0 Å². The topological polar surface area (TPSA) is 90.6 Å². The number of hydrogen-bond donors (Lipinski definition) is 1. The molecule has 0 radical (unpaired) electrons.